The van der Waals surface area contributed by atoms with E-state index < -0.39 is 0 Å². The van der Waals surface area contributed by atoms with Crippen molar-refractivity contribution in [3.8, 4) is 5.75 Å². The molecule has 27 heavy (non-hydrogen) atoms. The number of likely N-dealkylation sites (N-methyl/N-ethyl adjacent to an activating group) is 1. The second-order valence-corrected chi connectivity index (χ2v) is 8.31. The van der Waals surface area contributed by atoms with Gasteiger partial charge in [0.1, 0.15) is 5.75 Å². The molecule has 1 aliphatic carbocycles. The Morgan fingerprint density at radius 3 is 2.93 bits per heavy atom. The van der Waals surface area contributed by atoms with Gasteiger partial charge in [0.25, 0.3) is 0 Å². The van der Waals surface area contributed by atoms with E-state index in [0.717, 1.165) is 24.9 Å². The number of benzene rings is 1. The Morgan fingerprint density at radius 1 is 1.41 bits per heavy atom. The highest BCUT2D eigenvalue weighted by Crippen LogP contribution is 2.41. The third-order valence-corrected chi connectivity index (χ3v) is 6.26. The van der Waals surface area contributed by atoms with Crippen LogP contribution in [0.15, 0.2) is 35.0 Å². The molecule has 6 heteroatoms. The van der Waals surface area contributed by atoms with Crippen molar-refractivity contribution in [1.82, 2.24) is 16.0 Å². The molecule has 2 amide bonds. The van der Waals surface area contributed by atoms with Gasteiger partial charge in [-0.05, 0) is 72.0 Å². The lowest BCUT2D eigenvalue weighted by atomic mass is 9.85. The molecule has 1 aromatic heterocycles. The van der Waals surface area contributed by atoms with E-state index in [-0.39, 0.29) is 23.5 Å². The van der Waals surface area contributed by atoms with Crippen molar-refractivity contribution in [3.63, 3.8) is 0 Å². The number of nitrogens with one attached hydrogen (secondary N) is 3. The molecule has 1 aromatic carbocycles. The van der Waals surface area contributed by atoms with E-state index in [1.54, 1.807) is 17.4 Å². The summed E-state index contributed by atoms with van der Waals surface area (Å²) in [5, 5.41) is 23.7. The molecule has 0 bridgehead atoms. The first-order chi connectivity index (χ1) is 12.9. The molecular formula is C21H29N3O2S. The van der Waals surface area contributed by atoms with Crippen LogP contribution in [0, 0.1) is 0 Å². The second-order valence-electron chi connectivity index (χ2n) is 7.53. The van der Waals surface area contributed by atoms with Crippen molar-refractivity contribution in [2.24, 2.45) is 0 Å². The quantitative estimate of drug-likeness (QED) is 0.588. The summed E-state index contributed by atoms with van der Waals surface area (Å²) in [6.45, 7) is 7.62. The van der Waals surface area contributed by atoms with Crippen LogP contribution < -0.4 is 16.0 Å². The third-order valence-electron chi connectivity index (χ3n) is 5.52. The molecule has 1 aliphatic rings. The van der Waals surface area contributed by atoms with E-state index in [9.17, 15) is 9.90 Å². The maximum absolute atomic E-state index is 12.4. The molecule has 146 valence electrons. The Labute approximate surface area is 165 Å². The Hall–Kier alpha value is -2.05. The van der Waals surface area contributed by atoms with Gasteiger partial charge in [0, 0.05) is 24.0 Å². The van der Waals surface area contributed by atoms with Crippen LogP contribution in [0.1, 0.15) is 43.4 Å². The highest BCUT2D eigenvalue weighted by molar-refractivity contribution is 7.07. The fraction of sp³-hybridized carbons (Fsp3) is 0.476. The molecule has 1 heterocycles. The van der Waals surface area contributed by atoms with E-state index in [2.05, 4.69) is 46.6 Å². The lowest BCUT2D eigenvalue weighted by molar-refractivity contribution is 0.227. The first-order valence-electron chi connectivity index (χ1n) is 9.56. The Balaban J connectivity index is 1.61. The summed E-state index contributed by atoms with van der Waals surface area (Å²) in [6, 6.07) is 7.60. The largest absolute Gasteiger partial charge is 0.508 e. The molecule has 3 atom stereocenters. The minimum absolute atomic E-state index is 0.0739. The third kappa shape index (κ3) is 4.45. The lowest BCUT2D eigenvalue weighted by Crippen LogP contribution is -2.57. The number of amides is 2. The van der Waals surface area contributed by atoms with E-state index in [1.165, 1.54) is 11.1 Å². The highest BCUT2D eigenvalue weighted by Gasteiger charge is 2.43. The monoisotopic (exact) mass is 387 g/mol. The zero-order valence-corrected chi connectivity index (χ0v) is 17.0. The minimum atomic E-state index is -0.237. The van der Waals surface area contributed by atoms with Gasteiger partial charge < -0.3 is 21.1 Å². The van der Waals surface area contributed by atoms with Crippen molar-refractivity contribution >= 4 is 17.4 Å². The van der Waals surface area contributed by atoms with Crippen molar-refractivity contribution in [2.45, 2.75) is 51.1 Å². The molecule has 5 nitrogen and oxygen atoms in total. The summed E-state index contributed by atoms with van der Waals surface area (Å²) in [5.41, 5.74) is 3.40. The van der Waals surface area contributed by atoms with Gasteiger partial charge in [0.15, 0.2) is 0 Å². The molecule has 4 N–H and O–H groups in total. The number of hydrogen-bond donors (Lipinski definition) is 4. The van der Waals surface area contributed by atoms with Gasteiger partial charge in [-0.15, -0.1) is 0 Å². The van der Waals surface area contributed by atoms with Crippen LogP contribution in [0.5, 0.6) is 5.75 Å². The fourth-order valence-corrected chi connectivity index (χ4v) is 4.79. The van der Waals surface area contributed by atoms with Gasteiger partial charge >= 0.3 is 6.03 Å². The van der Waals surface area contributed by atoms with E-state index in [0.29, 0.717) is 12.3 Å². The highest BCUT2D eigenvalue weighted by atomic mass is 32.1. The number of phenolic OH excluding ortho intramolecular Hbond substituents is 1. The van der Waals surface area contributed by atoms with Gasteiger partial charge in [-0.25, -0.2) is 4.79 Å². The van der Waals surface area contributed by atoms with Crippen LogP contribution in [0.25, 0.3) is 0 Å². The Kier molecular flexibility index (Phi) is 6.07. The lowest BCUT2D eigenvalue weighted by Gasteiger charge is -2.35. The SMILES string of the molecule is CCN[C@@]1(CNC(=O)NC(C)Cc2ccsc2)Cc2ccc(O)cc2[C@H]1C. The van der Waals surface area contributed by atoms with Crippen LogP contribution in [-0.4, -0.2) is 35.8 Å². The number of urea groups is 1. The van der Waals surface area contributed by atoms with Crippen molar-refractivity contribution in [1.29, 1.82) is 0 Å². The van der Waals surface area contributed by atoms with Crippen LogP contribution in [-0.2, 0) is 12.8 Å². The average molecular weight is 388 g/mol. The summed E-state index contributed by atoms with van der Waals surface area (Å²) >= 11 is 1.67. The summed E-state index contributed by atoms with van der Waals surface area (Å²) in [7, 11) is 0. The van der Waals surface area contributed by atoms with E-state index >= 15 is 0 Å². The predicted molar refractivity (Wildman–Crippen MR) is 111 cm³/mol. The van der Waals surface area contributed by atoms with Crippen LogP contribution in [0.4, 0.5) is 4.79 Å². The summed E-state index contributed by atoms with van der Waals surface area (Å²) < 4.78 is 0. The van der Waals surface area contributed by atoms with Crippen LogP contribution >= 0.6 is 11.3 Å². The van der Waals surface area contributed by atoms with Gasteiger partial charge in [0.2, 0.25) is 0 Å². The van der Waals surface area contributed by atoms with Crippen LogP contribution in [0.3, 0.4) is 0 Å². The Morgan fingerprint density at radius 2 is 2.22 bits per heavy atom. The molecule has 0 aliphatic heterocycles. The van der Waals surface area contributed by atoms with E-state index in [4.69, 9.17) is 0 Å². The van der Waals surface area contributed by atoms with Gasteiger partial charge in [-0.1, -0.05) is 19.9 Å². The average Bonchev–Trinajstić information content (AvgIpc) is 3.21. The molecular weight excluding hydrogens is 358 g/mol. The standard InChI is InChI=1S/C21H29N3O2S/c1-4-23-21(11-17-5-6-18(25)10-19(17)15(21)3)13-22-20(26)24-14(2)9-16-7-8-27-12-16/h5-8,10,12,14-15,23,25H,4,9,11,13H2,1-3H3,(H2,22,24,26)/t14?,15-,21-/m1/s1. The molecule has 0 spiro atoms. The number of rotatable bonds is 7. The molecule has 3 rings (SSSR count). The van der Waals surface area contributed by atoms with Gasteiger partial charge in [0.05, 0.1) is 0 Å². The maximum atomic E-state index is 12.4. The molecule has 1 unspecified atom stereocenters. The van der Waals surface area contributed by atoms with E-state index in [1.807, 2.05) is 19.1 Å². The minimum Gasteiger partial charge on any atom is -0.508 e. The first kappa shape index (κ1) is 19.7. The molecule has 0 radical (unpaired) electrons. The summed E-state index contributed by atoms with van der Waals surface area (Å²) in [4.78, 5) is 12.4. The number of thiophene rings is 1. The number of hydrogen-bond acceptors (Lipinski definition) is 4. The number of carbonyl (C=O) groups is 1. The number of phenols is 1. The maximum Gasteiger partial charge on any atom is 0.315 e. The second kappa shape index (κ2) is 8.31. The van der Waals surface area contributed by atoms with Crippen LogP contribution in [0.2, 0.25) is 0 Å². The summed E-state index contributed by atoms with van der Waals surface area (Å²) in [5.74, 6) is 0.490. The van der Waals surface area contributed by atoms with Crippen molar-refractivity contribution in [2.75, 3.05) is 13.1 Å². The molecule has 0 saturated carbocycles. The zero-order chi connectivity index (χ0) is 19.4. The number of carbonyl (C=O) groups excluding carboxylic acids is 1. The van der Waals surface area contributed by atoms with Crippen molar-refractivity contribution in [3.05, 3.63) is 51.7 Å². The molecule has 0 fully saturated rings. The van der Waals surface area contributed by atoms with Crippen molar-refractivity contribution < 1.29 is 9.90 Å². The topological polar surface area (TPSA) is 73.4 Å². The van der Waals surface area contributed by atoms with Gasteiger partial charge in [-0.3, -0.25) is 0 Å². The van der Waals surface area contributed by atoms with Gasteiger partial charge in [-0.2, -0.15) is 11.3 Å². The number of aromatic hydroxyl groups is 1. The summed E-state index contributed by atoms with van der Waals surface area (Å²) in [6.07, 6.45) is 1.67. The fourth-order valence-electron chi connectivity index (χ4n) is 4.11. The zero-order valence-electron chi connectivity index (χ0n) is 16.2. The molecule has 2 aromatic rings. The number of fused-ring (bicyclic) bond motifs is 1. The Bertz CT molecular complexity index is 778. The molecule has 0 saturated heterocycles. The first-order valence-corrected chi connectivity index (χ1v) is 10.5. The normalized spacial score (nSPS) is 22.3. The smallest absolute Gasteiger partial charge is 0.315 e. The predicted octanol–water partition coefficient (Wildman–Crippen LogP) is 3.39.